The van der Waals surface area contributed by atoms with Gasteiger partial charge in [0, 0.05) is 5.75 Å². The first-order chi connectivity index (χ1) is 14.1. The molecule has 1 aromatic rings. The number of ether oxygens (including phenoxy) is 1. The van der Waals surface area contributed by atoms with Crippen LogP contribution < -0.4 is 56.1 Å². The fourth-order valence-corrected chi connectivity index (χ4v) is 4.56. The minimum absolute atomic E-state index is 0. The van der Waals surface area contributed by atoms with E-state index in [1.54, 1.807) is 0 Å². The smallest absolute Gasteiger partial charge is 0.516 e. The SMILES string of the molecule is CCCC(C)CCCC(C)CCCC(C)C.Cc1[c-]c(C)c2c(c1C)OC(C)CC2.[K+]. The van der Waals surface area contributed by atoms with Crippen molar-refractivity contribution in [2.45, 2.75) is 133 Å². The minimum atomic E-state index is 0. The molecule has 0 amide bonds. The van der Waals surface area contributed by atoms with Crippen molar-refractivity contribution in [2.75, 3.05) is 0 Å². The number of aryl methyl sites for hydroxylation is 2. The molecule has 0 saturated carbocycles. The molecule has 0 aromatic heterocycles. The third kappa shape index (κ3) is 12.6. The summed E-state index contributed by atoms with van der Waals surface area (Å²) in [6.07, 6.45) is 14.0. The molecule has 2 rings (SSSR count). The van der Waals surface area contributed by atoms with Gasteiger partial charge in [-0.15, -0.1) is 11.1 Å². The Hall–Kier alpha value is 0.656. The summed E-state index contributed by atoms with van der Waals surface area (Å²) in [5.74, 6) is 3.91. The Morgan fingerprint density at radius 2 is 1.42 bits per heavy atom. The summed E-state index contributed by atoms with van der Waals surface area (Å²) in [6.45, 7) is 20.3. The van der Waals surface area contributed by atoms with Crippen LogP contribution in [-0.4, -0.2) is 6.10 Å². The van der Waals surface area contributed by atoms with Crippen molar-refractivity contribution in [3.05, 3.63) is 28.3 Å². The fourth-order valence-electron chi connectivity index (χ4n) is 4.56. The Morgan fingerprint density at radius 3 is 1.97 bits per heavy atom. The zero-order chi connectivity index (χ0) is 22.7. The van der Waals surface area contributed by atoms with E-state index in [0.29, 0.717) is 6.10 Å². The van der Waals surface area contributed by atoms with Crippen LogP contribution >= 0.6 is 0 Å². The van der Waals surface area contributed by atoms with E-state index >= 15 is 0 Å². The van der Waals surface area contributed by atoms with Crippen molar-refractivity contribution in [1.82, 2.24) is 0 Å². The summed E-state index contributed by atoms with van der Waals surface area (Å²) in [5.41, 5.74) is 5.11. The molecule has 3 unspecified atom stereocenters. The molecule has 0 spiro atoms. The molecule has 1 aliphatic heterocycles. The molecule has 0 aliphatic carbocycles. The molecule has 1 heterocycles. The first kappa shape index (κ1) is 31.7. The molecule has 2 heteroatoms. The van der Waals surface area contributed by atoms with E-state index in [2.05, 4.69) is 68.4 Å². The molecule has 1 aromatic carbocycles. The molecule has 1 aliphatic rings. The molecular formula is C29H51KO. The summed E-state index contributed by atoms with van der Waals surface area (Å²) in [7, 11) is 0. The van der Waals surface area contributed by atoms with Gasteiger partial charge in [-0.25, -0.2) is 0 Å². The molecule has 0 fully saturated rings. The van der Waals surface area contributed by atoms with Crippen LogP contribution in [0.15, 0.2) is 0 Å². The van der Waals surface area contributed by atoms with Crippen LogP contribution in [0, 0.1) is 44.6 Å². The van der Waals surface area contributed by atoms with Crippen molar-refractivity contribution in [1.29, 1.82) is 0 Å². The largest absolute Gasteiger partial charge is 1.00 e. The molecule has 1 nitrogen and oxygen atoms in total. The maximum absolute atomic E-state index is 5.90. The van der Waals surface area contributed by atoms with Gasteiger partial charge in [0.1, 0.15) is 0 Å². The van der Waals surface area contributed by atoms with E-state index in [1.807, 2.05) is 0 Å². The van der Waals surface area contributed by atoms with Crippen molar-refractivity contribution in [3.8, 4) is 5.75 Å². The Bertz CT molecular complexity index is 607. The standard InChI is InChI=1S/C16H34.C13H17O.K/c1-6-9-15(4)12-8-13-16(5)11-7-10-14(2)3;1-8-7-9(2)12-6-5-10(3)14-13(12)11(8)4;/h14-16H,6-13H2,1-5H3;10H,5-6H2,1-4H3;/q;-1;+1. The second kappa shape index (κ2) is 17.1. The van der Waals surface area contributed by atoms with E-state index in [4.69, 9.17) is 4.74 Å². The van der Waals surface area contributed by atoms with Gasteiger partial charge in [-0.3, -0.25) is 0 Å². The molecule has 31 heavy (non-hydrogen) atoms. The average Bonchev–Trinajstić information content (AvgIpc) is 2.66. The predicted octanol–water partition coefficient (Wildman–Crippen LogP) is 6.18. The molecule has 174 valence electrons. The van der Waals surface area contributed by atoms with E-state index < -0.39 is 0 Å². The summed E-state index contributed by atoms with van der Waals surface area (Å²) >= 11 is 0. The van der Waals surface area contributed by atoms with Gasteiger partial charge < -0.3 is 4.74 Å². The topological polar surface area (TPSA) is 9.23 Å². The van der Waals surface area contributed by atoms with Crippen LogP contribution in [0.3, 0.4) is 0 Å². The number of benzene rings is 1. The van der Waals surface area contributed by atoms with Gasteiger partial charge in [0.2, 0.25) is 0 Å². The number of hydrogen-bond acceptors (Lipinski definition) is 1. The predicted molar refractivity (Wildman–Crippen MR) is 134 cm³/mol. The third-order valence-electron chi connectivity index (χ3n) is 6.78. The van der Waals surface area contributed by atoms with Crippen molar-refractivity contribution in [2.24, 2.45) is 17.8 Å². The van der Waals surface area contributed by atoms with E-state index in [9.17, 15) is 0 Å². The molecular weight excluding hydrogens is 403 g/mol. The summed E-state index contributed by atoms with van der Waals surface area (Å²) < 4.78 is 5.90. The van der Waals surface area contributed by atoms with E-state index in [1.165, 1.54) is 73.6 Å². The summed E-state index contributed by atoms with van der Waals surface area (Å²) in [4.78, 5) is 0. The van der Waals surface area contributed by atoms with Crippen LogP contribution in [0.25, 0.3) is 0 Å². The van der Waals surface area contributed by atoms with Crippen molar-refractivity contribution in [3.63, 3.8) is 0 Å². The van der Waals surface area contributed by atoms with Gasteiger partial charge in [0.25, 0.3) is 0 Å². The fraction of sp³-hybridized carbons (Fsp3) is 0.793. The zero-order valence-electron chi connectivity index (χ0n) is 22.8. The van der Waals surface area contributed by atoms with Crippen LogP contribution in [-0.2, 0) is 6.42 Å². The Balaban J connectivity index is 0.000000565. The molecule has 3 atom stereocenters. The van der Waals surface area contributed by atoms with Crippen molar-refractivity contribution >= 4 is 0 Å². The van der Waals surface area contributed by atoms with Gasteiger partial charge in [-0.1, -0.05) is 113 Å². The quantitative estimate of drug-likeness (QED) is 0.303. The third-order valence-corrected chi connectivity index (χ3v) is 6.78. The van der Waals surface area contributed by atoms with E-state index in [-0.39, 0.29) is 51.4 Å². The number of rotatable bonds is 10. The van der Waals surface area contributed by atoms with Gasteiger partial charge in [0.05, 0.1) is 6.10 Å². The van der Waals surface area contributed by atoms with Crippen LogP contribution in [0.1, 0.15) is 122 Å². The first-order valence-corrected chi connectivity index (χ1v) is 12.8. The number of fused-ring (bicyclic) bond motifs is 1. The number of hydrogen-bond donors (Lipinski definition) is 0. The second-order valence-corrected chi connectivity index (χ2v) is 10.5. The Labute approximate surface area is 238 Å². The Morgan fingerprint density at radius 1 is 0.871 bits per heavy atom. The van der Waals surface area contributed by atoms with Gasteiger partial charge >= 0.3 is 51.4 Å². The van der Waals surface area contributed by atoms with Gasteiger partial charge in [-0.05, 0) is 31.1 Å². The Kier molecular flexibility index (Phi) is 17.5. The van der Waals surface area contributed by atoms with E-state index in [0.717, 1.165) is 36.3 Å². The first-order valence-electron chi connectivity index (χ1n) is 12.8. The van der Waals surface area contributed by atoms with Crippen LogP contribution in [0.4, 0.5) is 0 Å². The van der Waals surface area contributed by atoms with Crippen molar-refractivity contribution < 1.29 is 56.1 Å². The van der Waals surface area contributed by atoms with Crippen LogP contribution in [0.5, 0.6) is 5.75 Å². The van der Waals surface area contributed by atoms with Gasteiger partial charge in [-0.2, -0.15) is 17.2 Å². The maximum atomic E-state index is 5.90. The normalized spacial score (nSPS) is 17.0. The zero-order valence-corrected chi connectivity index (χ0v) is 25.9. The molecule has 0 bridgehead atoms. The maximum Gasteiger partial charge on any atom is 1.00 e. The minimum Gasteiger partial charge on any atom is -0.516 e. The van der Waals surface area contributed by atoms with Gasteiger partial charge in [0.15, 0.2) is 0 Å². The molecule has 0 saturated heterocycles. The second-order valence-electron chi connectivity index (χ2n) is 10.5. The summed E-state index contributed by atoms with van der Waals surface area (Å²) in [5, 5.41) is 0. The molecule has 0 N–H and O–H groups in total. The molecule has 0 radical (unpaired) electrons. The monoisotopic (exact) mass is 454 g/mol. The van der Waals surface area contributed by atoms with Crippen LogP contribution in [0.2, 0.25) is 0 Å². The summed E-state index contributed by atoms with van der Waals surface area (Å²) in [6, 6.07) is 3.40. The average molecular weight is 455 g/mol.